The Hall–Kier alpha value is -0.380. The zero-order valence-corrected chi connectivity index (χ0v) is 10.4. The van der Waals surface area contributed by atoms with Gasteiger partial charge in [-0.05, 0) is 48.6 Å². The average Bonchev–Trinajstić information content (AvgIpc) is 2.87. The van der Waals surface area contributed by atoms with E-state index in [1.54, 1.807) is 10.4 Å². The molecule has 3 heteroatoms. The predicted molar refractivity (Wildman–Crippen MR) is 66.9 cm³/mol. The van der Waals surface area contributed by atoms with Crippen molar-refractivity contribution in [2.45, 2.75) is 44.8 Å². The molecular weight excluding hydrogens is 218 g/mol. The highest BCUT2D eigenvalue weighted by molar-refractivity contribution is 7.10. The molecule has 2 heterocycles. The van der Waals surface area contributed by atoms with Crippen LogP contribution in [0.1, 0.15) is 35.3 Å². The van der Waals surface area contributed by atoms with Crippen molar-refractivity contribution >= 4 is 11.3 Å². The van der Waals surface area contributed by atoms with Crippen LogP contribution in [0.5, 0.6) is 0 Å². The van der Waals surface area contributed by atoms with E-state index < -0.39 is 0 Å². The van der Waals surface area contributed by atoms with Crippen molar-refractivity contribution in [2.75, 3.05) is 13.1 Å². The topological polar surface area (TPSA) is 23.5 Å². The summed E-state index contributed by atoms with van der Waals surface area (Å²) in [5.74, 6) is 0. The van der Waals surface area contributed by atoms with Crippen LogP contribution in [0, 0.1) is 0 Å². The fourth-order valence-electron chi connectivity index (χ4n) is 2.89. The quantitative estimate of drug-likeness (QED) is 0.852. The molecule has 2 nitrogen and oxygen atoms in total. The first-order valence-corrected chi connectivity index (χ1v) is 7.19. The number of rotatable bonds is 2. The van der Waals surface area contributed by atoms with Gasteiger partial charge in [0.05, 0.1) is 6.10 Å². The Balaban J connectivity index is 1.72. The number of hydrogen-bond donors (Lipinski definition) is 1. The summed E-state index contributed by atoms with van der Waals surface area (Å²) in [6.07, 6.45) is 6.17. The summed E-state index contributed by atoms with van der Waals surface area (Å²) in [5.41, 5.74) is 3.17. The number of aliphatic hydroxyl groups is 1. The first-order valence-electron chi connectivity index (χ1n) is 6.31. The minimum Gasteiger partial charge on any atom is -0.392 e. The van der Waals surface area contributed by atoms with Gasteiger partial charge in [-0.15, -0.1) is 11.3 Å². The van der Waals surface area contributed by atoms with E-state index in [-0.39, 0.29) is 6.10 Å². The van der Waals surface area contributed by atoms with Crippen LogP contribution in [0.15, 0.2) is 5.38 Å². The maximum absolute atomic E-state index is 9.53. The van der Waals surface area contributed by atoms with Crippen molar-refractivity contribution in [1.82, 2.24) is 4.90 Å². The third kappa shape index (κ3) is 2.04. The molecule has 0 saturated carbocycles. The molecule has 1 aromatic heterocycles. The van der Waals surface area contributed by atoms with E-state index in [2.05, 4.69) is 10.3 Å². The van der Waals surface area contributed by atoms with E-state index in [1.165, 1.54) is 31.2 Å². The molecule has 0 aromatic carbocycles. The van der Waals surface area contributed by atoms with Gasteiger partial charge in [-0.1, -0.05) is 0 Å². The monoisotopic (exact) mass is 237 g/mol. The minimum absolute atomic E-state index is 0.0885. The highest BCUT2D eigenvalue weighted by atomic mass is 32.1. The van der Waals surface area contributed by atoms with Crippen molar-refractivity contribution in [3.05, 3.63) is 21.4 Å². The lowest BCUT2D eigenvalue weighted by Crippen LogP contribution is -2.22. The second-order valence-electron chi connectivity index (χ2n) is 5.05. The number of fused-ring (bicyclic) bond motifs is 1. The highest BCUT2D eigenvalue weighted by Crippen LogP contribution is 2.31. The number of aryl methyl sites for hydroxylation is 1. The van der Waals surface area contributed by atoms with Gasteiger partial charge in [0.2, 0.25) is 0 Å². The molecule has 1 saturated heterocycles. The summed E-state index contributed by atoms with van der Waals surface area (Å²) in [7, 11) is 0. The zero-order chi connectivity index (χ0) is 11.0. The lowest BCUT2D eigenvalue weighted by Gasteiger charge is -2.17. The summed E-state index contributed by atoms with van der Waals surface area (Å²) in [4.78, 5) is 4.02. The SMILES string of the molecule is O[C@@H]1CCN(Cc2csc3c2CCCC3)C1. The lowest BCUT2D eigenvalue weighted by molar-refractivity contribution is 0.174. The van der Waals surface area contributed by atoms with E-state index in [4.69, 9.17) is 0 Å². The van der Waals surface area contributed by atoms with Gasteiger partial charge in [-0.2, -0.15) is 0 Å². The van der Waals surface area contributed by atoms with Crippen molar-refractivity contribution in [1.29, 1.82) is 0 Å². The largest absolute Gasteiger partial charge is 0.392 e. The normalized spacial score (nSPS) is 25.9. The molecule has 1 aromatic rings. The van der Waals surface area contributed by atoms with E-state index in [0.717, 1.165) is 26.1 Å². The molecule has 0 radical (unpaired) electrons. The van der Waals surface area contributed by atoms with Gasteiger partial charge in [0.1, 0.15) is 0 Å². The number of β-amino-alcohol motifs (C(OH)–C–C–N with tert-alkyl or cyclic N) is 1. The molecule has 0 amide bonds. The Kier molecular flexibility index (Phi) is 3.01. The molecule has 1 aliphatic carbocycles. The van der Waals surface area contributed by atoms with Gasteiger partial charge < -0.3 is 5.11 Å². The zero-order valence-electron chi connectivity index (χ0n) is 9.61. The Labute approximate surface area is 101 Å². The lowest BCUT2D eigenvalue weighted by atomic mass is 9.96. The Morgan fingerprint density at radius 2 is 2.25 bits per heavy atom. The summed E-state index contributed by atoms with van der Waals surface area (Å²) >= 11 is 1.95. The molecule has 88 valence electrons. The van der Waals surface area contributed by atoms with Gasteiger partial charge in [0, 0.05) is 24.5 Å². The number of nitrogens with zero attached hydrogens (tertiary/aromatic N) is 1. The molecule has 16 heavy (non-hydrogen) atoms. The third-order valence-electron chi connectivity index (χ3n) is 3.79. The van der Waals surface area contributed by atoms with Crippen LogP contribution >= 0.6 is 11.3 Å². The van der Waals surface area contributed by atoms with Gasteiger partial charge in [-0.3, -0.25) is 4.90 Å². The van der Waals surface area contributed by atoms with Gasteiger partial charge in [-0.25, -0.2) is 0 Å². The molecule has 1 fully saturated rings. The summed E-state index contributed by atoms with van der Waals surface area (Å²) in [6.45, 7) is 2.99. The van der Waals surface area contributed by atoms with Crippen molar-refractivity contribution in [2.24, 2.45) is 0 Å². The van der Waals surface area contributed by atoms with Crippen LogP contribution in [0.25, 0.3) is 0 Å². The summed E-state index contributed by atoms with van der Waals surface area (Å²) < 4.78 is 0. The molecule has 0 spiro atoms. The van der Waals surface area contributed by atoms with E-state index in [9.17, 15) is 5.11 Å². The molecule has 2 aliphatic rings. The van der Waals surface area contributed by atoms with Crippen molar-refractivity contribution in [3.8, 4) is 0 Å². The van der Waals surface area contributed by atoms with Gasteiger partial charge >= 0.3 is 0 Å². The maximum atomic E-state index is 9.53. The Bertz CT molecular complexity index is 374. The molecule has 0 unspecified atom stereocenters. The Morgan fingerprint density at radius 3 is 3.06 bits per heavy atom. The summed E-state index contributed by atoms with van der Waals surface area (Å²) in [6, 6.07) is 0. The smallest absolute Gasteiger partial charge is 0.0679 e. The Morgan fingerprint density at radius 1 is 1.38 bits per heavy atom. The molecule has 3 rings (SSSR count). The first-order chi connectivity index (χ1) is 7.83. The molecular formula is C13H19NOS. The standard InChI is InChI=1S/C13H19NOS/c15-11-5-6-14(8-11)7-10-9-16-13-4-2-1-3-12(10)13/h9,11,15H,1-8H2/t11-/m1/s1. The van der Waals surface area contributed by atoms with E-state index in [1.807, 2.05) is 11.3 Å². The molecule has 1 N–H and O–H groups in total. The summed E-state index contributed by atoms with van der Waals surface area (Å²) in [5, 5.41) is 11.9. The average molecular weight is 237 g/mol. The van der Waals surface area contributed by atoms with Crippen LogP contribution in [0.4, 0.5) is 0 Å². The van der Waals surface area contributed by atoms with E-state index in [0.29, 0.717) is 0 Å². The van der Waals surface area contributed by atoms with Crippen LogP contribution in [-0.2, 0) is 19.4 Å². The maximum Gasteiger partial charge on any atom is 0.0679 e. The van der Waals surface area contributed by atoms with Gasteiger partial charge in [0.15, 0.2) is 0 Å². The molecule has 1 atom stereocenters. The van der Waals surface area contributed by atoms with E-state index >= 15 is 0 Å². The number of thiophene rings is 1. The minimum atomic E-state index is -0.0885. The molecule has 1 aliphatic heterocycles. The fourth-order valence-corrected chi connectivity index (χ4v) is 4.03. The van der Waals surface area contributed by atoms with Crippen LogP contribution in [0.3, 0.4) is 0 Å². The first kappa shape index (κ1) is 10.8. The predicted octanol–water partition coefficient (Wildman–Crippen LogP) is 2.19. The van der Waals surface area contributed by atoms with Crippen LogP contribution < -0.4 is 0 Å². The van der Waals surface area contributed by atoms with Crippen molar-refractivity contribution < 1.29 is 5.11 Å². The number of aliphatic hydroxyl groups excluding tert-OH is 1. The van der Waals surface area contributed by atoms with Gasteiger partial charge in [0.25, 0.3) is 0 Å². The number of hydrogen-bond acceptors (Lipinski definition) is 3. The van der Waals surface area contributed by atoms with Crippen LogP contribution in [0.2, 0.25) is 0 Å². The van der Waals surface area contributed by atoms with Crippen molar-refractivity contribution in [3.63, 3.8) is 0 Å². The fraction of sp³-hybridized carbons (Fsp3) is 0.692. The van der Waals surface area contributed by atoms with Crippen LogP contribution in [-0.4, -0.2) is 29.2 Å². The number of likely N-dealkylation sites (tertiary alicyclic amines) is 1. The second-order valence-corrected chi connectivity index (χ2v) is 6.01. The highest BCUT2D eigenvalue weighted by Gasteiger charge is 2.22. The molecule has 0 bridgehead atoms. The second kappa shape index (κ2) is 4.47. The third-order valence-corrected chi connectivity index (χ3v) is 4.93.